The van der Waals surface area contributed by atoms with Crippen molar-refractivity contribution in [2.45, 2.75) is 37.8 Å². The molecule has 0 bridgehead atoms. The van der Waals surface area contributed by atoms with E-state index < -0.39 is 5.54 Å². The number of hydrogen-bond acceptors (Lipinski definition) is 3. The van der Waals surface area contributed by atoms with Gasteiger partial charge in [0.2, 0.25) is 11.8 Å². The SMILES string of the molecule is C[C@]1(c2ccc(Cl)s2)NC(=O)CC1NC(=O)C1CC1. The van der Waals surface area contributed by atoms with Gasteiger partial charge in [-0.05, 0) is 31.9 Å². The molecule has 2 fully saturated rings. The lowest BCUT2D eigenvalue weighted by Crippen LogP contribution is -2.50. The highest BCUT2D eigenvalue weighted by Gasteiger charge is 2.47. The van der Waals surface area contributed by atoms with Crippen molar-refractivity contribution < 1.29 is 9.59 Å². The minimum absolute atomic E-state index is 0.0341. The minimum Gasteiger partial charge on any atom is -0.350 e. The third kappa shape index (κ3) is 2.37. The molecular formula is C13H15ClN2O2S. The van der Waals surface area contributed by atoms with Crippen LogP contribution in [-0.2, 0) is 15.1 Å². The number of amides is 2. The number of carbonyl (C=O) groups excluding carboxylic acids is 2. The molecule has 102 valence electrons. The molecule has 0 radical (unpaired) electrons. The van der Waals surface area contributed by atoms with Gasteiger partial charge in [-0.2, -0.15) is 0 Å². The summed E-state index contributed by atoms with van der Waals surface area (Å²) in [5, 5.41) is 5.98. The van der Waals surface area contributed by atoms with Gasteiger partial charge in [0.1, 0.15) is 0 Å². The van der Waals surface area contributed by atoms with Gasteiger partial charge in [-0.1, -0.05) is 11.6 Å². The normalized spacial score (nSPS) is 30.2. The van der Waals surface area contributed by atoms with Crippen molar-refractivity contribution >= 4 is 34.8 Å². The van der Waals surface area contributed by atoms with Gasteiger partial charge in [0.05, 0.1) is 15.9 Å². The van der Waals surface area contributed by atoms with Gasteiger partial charge in [-0.3, -0.25) is 9.59 Å². The molecule has 4 nitrogen and oxygen atoms in total. The number of nitrogens with one attached hydrogen (secondary N) is 2. The Hall–Kier alpha value is -1.07. The molecule has 6 heteroatoms. The predicted molar refractivity (Wildman–Crippen MR) is 74.1 cm³/mol. The maximum Gasteiger partial charge on any atom is 0.223 e. The number of hydrogen-bond donors (Lipinski definition) is 2. The summed E-state index contributed by atoms with van der Waals surface area (Å²) in [5.41, 5.74) is -0.556. The van der Waals surface area contributed by atoms with Crippen LogP contribution < -0.4 is 10.6 Å². The molecule has 1 unspecified atom stereocenters. The Morgan fingerprint density at radius 1 is 1.53 bits per heavy atom. The molecule has 2 amide bonds. The van der Waals surface area contributed by atoms with Crippen molar-refractivity contribution in [2.75, 3.05) is 0 Å². The molecule has 1 aromatic heterocycles. The van der Waals surface area contributed by atoms with E-state index in [2.05, 4.69) is 10.6 Å². The first-order valence-electron chi connectivity index (χ1n) is 6.36. The van der Waals surface area contributed by atoms with Gasteiger partial charge in [-0.25, -0.2) is 0 Å². The number of halogens is 1. The van der Waals surface area contributed by atoms with Crippen LogP contribution in [0.3, 0.4) is 0 Å². The average Bonchev–Trinajstić information content (AvgIpc) is 3.04. The van der Waals surface area contributed by atoms with Gasteiger partial charge in [-0.15, -0.1) is 11.3 Å². The summed E-state index contributed by atoms with van der Waals surface area (Å²) in [7, 11) is 0. The lowest BCUT2D eigenvalue weighted by atomic mass is 9.92. The third-order valence-electron chi connectivity index (χ3n) is 3.84. The van der Waals surface area contributed by atoms with E-state index >= 15 is 0 Å². The van der Waals surface area contributed by atoms with Crippen LogP contribution in [0.15, 0.2) is 12.1 Å². The van der Waals surface area contributed by atoms with Gasteiger partial charge < -0.3 is 10.6 Å². The smallest absolute Gasteiger partial charge is 0.223 e. The fraction of sp³-hybridized carbons (Fsp3) is 0.538. The third-order valence-corrected chi connectivity index (χ3v) is 5.30. The van der Waals surface area contributed by atoms with Crippen molar-refractivity contribution in [1.29, 1.82) is 0 Å². The molecule has 1 aliphatic carbocycles. The summed E-state index contributed by atoms with van der Waals surface area (Å²) >= 11 is 7.41. The van der Waals surface area contributed by atoms with Crippen LogP contribution >= 0.6 is 22.9 Å². The van der Waals surface area contributed by atoms with E-state index in [9.17, 15) is 9.59 Å². The summed E-state index contributed by atoms with van der Waals surface area (Å²) in [4.78, 5) is 24.6. The first kappa shape index (κ1) is 12.9. The summed E-state index contributed by atoms with van der Waals surface area (Å²) < 4.78 is 0.685. The van der Waals surface area contributed by atoms with Crippen LogP contribution in [0.5, 0.6) is 0 Å². The standard InChI is InChI=1S/C13H15ClN2O2S/c1-13(9-4-5-10(14)19-9)8(6-11(17)16-13)15-12(18)7-2-3-7/h4-5,7-8H,2-3,6H2,1H3,(H,15,18)(H,16,17)/t8?,13-/m0/s1. The molecule has 1 saturated heterocycles. The Morgan fingerprint density at radius 2 is 2.26 bits per heavy atom. The molecule has 1 aliphatic heterocycles. The highest BCUT2D eigenvalue weighted by molar-refractivity contribution is 7.16. The van der Waals surface area contributed by atoms with Crippen LogP contribution in [0.2, 0.25) is 4.34 Å². The number of carbonyl (C=O) groups is 2. The summed E-state index contributed by atoms with van der Waals surface area (Å²) in [5.74, 6) is 0.176. The predicted octanol–water partition coefficient (Wildman–Crippen LogP) is 2.03. The zero-order valence-corrected chi connectivity index (χ0v) is 12.1. The lowest BCUT2D eigenvalue weighted by molar-refractivity contribution is -0.123. The van der Waals surface area contributed by atoms with E-state index in [1.165, 1.54) is 11.3 Å². The molecule has 1 aromatic rings. The van der Waals surface area contributed by atoms with E-state index in [4.69, 9.17) is 11.6 Å². The highest BCUT2D eigenvalue weighted by atomic mass is 35.5. The van der Waals surface area contributed by atoms with Crippen molar-refractivity contribution in [3.05, 3.63) is 21.3 Å². The molecule has 0 aromatic carbocycles. The molecule has 0 spiro atoms. The van der Waals surface area contributed by atoms with Crippen molar-refractivity contribution in [3.63, 3.8) is 0 Å². The minimum atomic E-state index is -0.556. The zero-order chi connectivity index (χ0) is 13.6. The molecular weight excluding hydrogens is 284 g/mol. The van der Waals surface area contributed by atoms with E-state index in [-0.39, 0.29) is 23.8 Å². The first-order valence-corrected chi connectivity index (χ1v) is 7.55. The second-order valence-electron chi connectivity index (χ2n) is 5.39. The fourth-order valence-corrected chi connectivity index (χ4v) is 3.67. The number of rotatable bonds is 3. The van der Waals surface area contributed by atoms with Crippen LogP contribution in [0.4, 0.5) is 0 Å². The quantitative estimate of drug-likeness (QED) is 0.897. The molecule has 2 atom stereocenters. The average molecular weight is 299 g/mol. The second kappa shape index (κ2) is 4.49. The molecule has 2 heterocycles. The van der Waals surface area contributed by atoms with Gasteiger partial charge >= 0.3 is 0 Å². The molecule has 2 N–H and O–H groups in total. The van der Waals surface area contributed by atoms with E-state index in [1.807, 2.05) is 19.1 Å². The Bertz CT molecular complexity index is 541. The lowest BCUT2D eigenvalue weighted by Gasteiger charge is -2.30. The van der Waals surface area contributed by atoms with Crippen molar-refractivity contribution in [3.8, 4) is 0 Å². The van der Waals surface area contributed by atoms with Crippen LogP contribution in [0.25, 0.3) is 0 Å². The van der Waals surface area contributed by atoms with Gasteiger partial charge in [0.15, 0.2) is 0 Å². The molecule has 2 aliphatic rings. The molecule has 1 saturated carbocycles. The summed E-state index contributed by atoms with van der Waals surface area (Å²) in [6.07, 6.45) is 2.24. The van der Waals surface area contributed by atoms with Gasteiger partial charge in [0, 0.05) is 17.2 Å². The van der Waals surface area contributed by atoms with Crippen molar-refractivity contribution in [2.24, 2.45) is 5.92 Å². The van der Waals surface area contributed by atoms with E-state index in [0.717, 1.165) is 17.7 Å². The Kier molecular flexibility index (Phi) is 3.06. The van der Waals surface area contributed by atoms with Crippen LogP contribution in [0.1, 0.15) is 31.1 Å². The molecule has 19 heavy (non-hydrogen) atoms. The van der Waals surface area contributed by atoms with Crippen LogP contribution in [-0.4, -0.2) is 17.9 Å². The largest absolute Gasteiger partial charge is 0.350 e. The topological polar surface area (TPSA) is 58.2 Å². The summed E-state index contributed by atoms with van der Waals surface area (Å²) in [6, 6.07) is 3.52. The Labute approximate surface area is 120 Å². The Morgan fingerprint density at radius 3 is 2.84 bits per heavy atom. The fourth-order valence-electron chi connectivity index (χ4n) is 2.47. The van der Waals surface area contributed by atoms with E-state index in [1.54, 1.807) is 0 Å². The first-order chi connectivity index (χ1) is 8.99. The van der Waals surface area contributed by atoms with Crippen LogP contribution in [0, 0.1) is 5.92 Å². The number of thiophene rings is 1. The summed E-state index contributed by atoms with van der Waals surface area (Å²) in [6.45, 7) is 1.94. The Balaban J connectivity index is 1.84. The zero-order valence-electron chi connectivity index (χ0n) is 10.5. The highest BCUT2D eigenvalue weighted by Crippen LogP contribution is 2.38. The van der Waals surface area contributed by atoms with Crippen molar-refractivity contribution in [1.82, 2.24) is 10.6 Å². The van der Waals surface area contributed by atoms with Gasteiger partial charge in [0.25, 0.3) is 0 Å². The second-order valence-corrected chi connectivity index (χ2v) is 7.11. The molecule has 3 rings (SSSR count). The maximum atomic E-state index is 11.9. The monoisotopic (exact) mass is 298 g/mol. The maximum absolute atomic E-state index is 11.9. The van der Waals surface area contributed by atoms with E-state index in [0.29, 0.717) is 10.8 Å².